The summed E-state index contributed by atoms with van der Waals surface area (Å²) in [4.78, 5) is 37.9. The van der Waals surface area contributed by atoms with Gasteiger partial charge in [0, 0.05) is 18.0 Å². The average Bonchev–Trinajstić information content (AvgIpc) is 3.05. The highest BCUT2D eigenvalue weighted by Crippen LogP contribution is 2.33. The summed E-state index contributed by atoms with van der Waals surface area (Å²) in [5.74, 6) is -2.13. The van der Waals surface area contributed by atoms with E-state index in [1.54, 1.807) is 42.5 Å². The van der Waals surface area contributed by atoms with Crippen molar-refractivity contribution < 1.29 is 19.1 Å². The third-order valence-electron chi connectivity index (χ3n) is 4.15. The van der Waals surface area contributed by atoms with Crippen molar-refractivity contribution in [3.05, 3.63) is 57.5 Å². The number of hydrogen-bond donors (Lipinski definition) is 1. The molecule has 0 bridgehead atoms. The van der Waals surface area contributed by atoms with Gasteiger partial charge in [-0.3, -0.25) is 14.4 Å². The molecule has 0 spiro atoms. The van der Waals surface area contributed by atoms with Gasteiger partial charge in [0.05, 0.1) is 27.3 Å². The molecule has 1 atom stereocenters. The minimum Gasteiger partial charge on any atom is -0.455 e. The maximum atomic E-state index is 12.3. The molecule has 2 aromatic carbocycles. The fourth-order valence-corrected chi connectivity index (χ4v) is 3.36. The van der Waals surface area contributed by atoms with Crippen molar-refractivity contribution in [2.24, 2.45) is 5.92 Å². The molecule has 0 unspecified atom stereocenters. The maximum absolute atomic E-state index is 12.3. The number of amides is 2. The number of anilines is 2. The van der Waals surface area contributed by atoms with Crippen LogP contribution in [0.15, 0.2) is 42.5 Å². The van der Waals surface area contributed by atoms with Gasteiger partial charge >= 0.3 is 5.97 Å². The van der Waals surface area contributed by atoms with Crippen molar-refractivity contribution in [1.29, 1.82) is 0 Å². The number of nitrogens with one attached hydrogen (secondary N) is 1. The summed E-state index contributed by atoms with van der Waals surface area (Å²) in [5, 5.41) is 3.71. The molecule has 2 amide bonds. The lowest BCUT2D eigenvalue weighted by molar-refractivity contribution is -0.151. The van der Waals surface area contributed by atoms with E-state index in [2.05, 4.69) is 5.32 Å². The molecular weight excluding hydrogens is 427 g/mol. The monoisotopic (exact) mass is 440 g/mol. The first-order chi connectivity index (χ1) is 13.3. The molecule has 0 aromatic heterocycles. The lowest BCUT2D eigenvalue weighted by atomic mass is 10.1. The normalized spacial score (nSPS) is 16.2. The van der Waals surface area contributed by atoms with Crippen molar-refractivity contribution >= 4 is 64.0 Å². The number of hydrogen-bond acceptors (Lipinski definition) is 4. The van der Waals surface area contributed by atoms with Gasteiger partial charge in [-0.2, -0.15) is 0 Å². The summed E-state index contributed by atoms with van der Waals surface area (Å²) in [6.45, 7) is -0.378. The topological polar surface area (TPSA) is 75.7 Å². The van der Waals surface area contributed by atoms with Gasteiger partial charge in [0.2, 0.25) is 5.91 Å². The van der Waals surface area contributed by atoms with Crippen molar-refractivity contribution in [1.82, 2.24) is 0 Å². The first kappa shape index (κ1) is 20.5. The number of halogens is 3. The second-order valence-corrected chi connectivity index (χ2v) is 7.39. The van der Waals surface area contributed by atoms with Crippen molar-refractivity contribution in [2.75, 3.05) is 23.4 Å². The fraction of sp³-hybridized carbons (Fsp3) is 0.211. The van der Waals surface area contributed by atoms with Crippen LogP contribution in [0.25, 0.3) is 0 Å². The summed E-state index contributed by atoms with van der Waals surface area (Å²) in [5.41, 5.74) is 0.856. The average molecular weight is 442 g/mol. The van der Waals surface area contributed by atoms with Crippen LogP contribution >= 0.6 is 34.8 Å². The molecule has 1 saturated heterocycles. The lowest BCUT2D eigenvalue weighted by Gasteiger charge is -2.18. The van der Waals surface area contributed by atoms with E-state index in [1.165, 1.54) is 4.90 Å². The Morgan fingerprint density at radius 1 is 1.11 bits per heavy atom. The van der Waals surface area contributed by atoms with E-state index in [1.807, 2.05) is 0 Å². The van der Waals surface area contributed by atoms with Crippen molar-refractivity contribution in [2.45, 2.75) is 6.42 Å². The van der Waals surface area contributed by atoms with Gasteiger partial charge in [-0.05, 0) is 30.3 Å². The first-order valence-electron chi connectivity index (χ1n) is 8.31. The van der Waals surface area contributed by atoms with E-state index in [0.717, 1.165) is 0 Å². The van der Waals surface area contributed by atoms with E-state index < -0.39 is 24.4 Å². The zero-order chi connectivity index (χ0) is 20.3. The number of carbonyl (C=O) groups is 3. The van der Waals surface area contributed by atoms with E-state index in [-0.39, 0.29) is 18.9 Å². The summed E-state index contributed by atoms with van der Waals surface area (Å²) in [6, 6.07) is 11.5. The Morgan fingerprint density at radius 3 is 2.61 bits per heavy atom. The maximum Gasteiger partial charge on any atom is 0.311 e. The highest BCUT2D eigenvalue weighted by molar-refractivity contribution is 6.36. The molecule has 3 rings (SSSR count). The SMILES string of the molecule is O=C(COC(=O)[C@@H]1CC(=O)N(c2cc(Cl)ccc2Cl)C1)Nc1ccccc1Cl. The first-order valence-corrected chi connectivity index (χ1v) is 9.45. The number of rotatable bonds is 5. The second kappa shape index (κ2) is 8.82. The van der Waals surface area contributed by atoms with Crippen LogP contribution < -0.4 is 10.2 Å². The number of carbonyl (C=O) groups excluding carboxylic acids is 3. The van der Waals surface area contributed by atoms with E-state index >= 15 is 0 Å². The number of nitrogens with zero attached hydrogens (tertiary/aromatic N) is 1. The largest absolute Gasteiger partial charge is 0.455 e. The highest BCUT2D eigenvalue weighted by atomic mass is 35.5. The van der Waals surface area contributed by atoms with Crippen LogP contribution in [0.4, 0.5) is 11.4 Å². The van der Waals surface area contributed by atoms with Gasteiger partial charge in [-0.15, -0.1) is 0 Å². The molecule has 1 fully saturated rings. The Hall–Kier alpha value is -2.28. The second-order valence-electron chi connectivity index (χ2n) is 6.14. The number of ether oxygens (including phenoxy) is 1. The van der Waals surface area contributed by atoms with Crippen LogP contribution in [0.1, 0.15) is 6.42 Å². The predicted octanol–water partition coefficient (Wildman–Crippen LogP) is 4.18. The number of esters is 1. The third-order valence-corrected chi connectivity index (χ3v) is 5.04. The van der Waals surface area contributed by atoms with Gasteiger partial charge in [0.15, 0.2) is 6.61 Å². The predicted molar refractivity (Wildman–Crippen MR) is 108 cm³/mol. The summed E-state index contributed by atoms with van der Waals surface area (Å²) < 4.78 is 5.05. The molecule has 0 radical (unpaired) electrons. The van der Waals surface area contributed by atoms with Gasteiger partial charge < -0.3 is 15.0 Å². The van der Waals surface area contributed by atoms with Crippen LogP contribution in [-0.4, -0.2) is 30.9 Å². The Bertz CT molecular complexity index is 935. The molecule has 6 nitrogen and oxygen atoms in total. The molecule has 1 heterocycles. The molecule has 1 aliphatic rings. The molecule has 2 aromatic rings. The third kappa shape index (κ3) is 4.76. The van der Waals surface area contributed by atoms with Crippen LogP contribution in [0.5, 0.6) is 0 Å². The highest BCUT2D eigenvalue weighted by Gasteiger charge is 2.37. The van der Waals surface area contributed by atoms with E-state index in [9.17, 15) is 14.4 Å². The van der Waals surface area contributed by atoms with E-state index in [4.69, 9.17) is 39.5 Å². The molecule has 1 N–H and O–H groups in total. The van der Waals surface area contributed by atoms with Crippen LogP contribution in [-0.2, 0) is 19.1 Å². The molecule has 1 aliphatic heterocycles. The lowest BCUT2D eigenvalue weighted by Crippen LogP contribution is -2.28. The van der Waals surface area contributed by atoms with Crippen LogP contribution in [0, 0.1) is 5.92 Å². The number of para-hydroxylation sites is 1. The fourth-order valence-electron chi connectivity index (χ4n) is 2.79. The zero-order valence-electron chi connectivity index (χ0n) is 14.5. The van der Waals surface area contributed by atoms with Gasteiger partial charge in [-0.1, -0.05) is 46.9 Å². The van der Waals surface area contributed by atoms with Crippen molar-refractivity contribution in [3.8, 4) is 0 Å². The summed E-state index contributed by atoms with van der Waals surface area (Å²) in [7, 11) is 0. The smallest absolute Gasteiger partial charge is 0.311 e. The Labute approximate surface area is 176 Å². The molecular formula is C19H15Cl3N2O4. The van der Waals surface area contributed by atoms with Crippen molar-refractivity contribution in [3.63, 3.8) is 0 Å². The number of benzene rings is 2. The Kier molecular flexibility index (Phi) is 6.44. The Balaban J connectivity index is 1.57. The Morgan fingerprint density at radius 2 is 1.86 bits per heavy atom. The standard InChI is InChI=1S/C19H15Cl3N2O4/c20-12-5-6-14(22)16(8-12)24-9-11(7-18(24)26)19(27)28-10-17(25)23-15-4-2-1-3-13(15)21/h1-6,8,11H,7,9-10H2,(H,23,25)/t11-/m1/s1. The molecule has 9 heteroatoms. The molecule has 146 valence electrons. The molecule has 0 aliphatic carbocycles. The van der Waals surface area contributed by atoms with E-state index in [0.29, 0.717) is 26.4 Å². The van der Waals surface area contributed by atoms with Crippen LogP contribution in [0.2, 0.25) is 15.1 Å². The summed E-state index contributed by atoms with van der Waals surface area (Å²) >= 11 is 18.1. The van der Waals surface area contributed by atoms with Gasteiger partial charge in [0.1, 0.15) is 0 Å². The summed E-state index contributed by atoms with van der Waals surface area (Å²) in [6.07, 6.45) is -0.0339. The minimum atomic E-state index is -0.698. The zero-order valence-corrected chi connectivity index (χ0v) is 16.7. The minimum absolute atomic E-state index is 0.0339. The quantitative estimate of drug-likeness (QED) is 0.706. The molecule has 28 heavy (non-hydrogen) atoms. The van der Waals surface area contributed by atoms with Gasteiger partial charge in [-0.25, -0.2) is 0 Å². The van der Waals surface area contributed by atoms with Crippen LogP contribution in [0.3, 0.4) is 0 Å². The molecule has 0 saturated carbocycles. The van der Waals surface area contributed by atoms with Gasteiger partial charge in [0.25, 0.3) is 5.91 Å².